The van der Waals surface area contributed by atoms with Crippen LogP contribution in [0.25, 0.3) is 0 Å². The monoisotopic (exact) mass is 572 g/mol. The van der Waals surface area contributed by atoms with Crippen molar-refractivity contribution in [2.24, 2.45) is 29.4 Å². The lowest BCUT2D eigenvalue weighted by Crippen LogP contribution is -2.79. The van der Waals surface area contributed by atoms with Crippen LogP contribution in [-0.4, -0.2) is 86.5 Å². The van der Waals surface area contributed by atoms with E-state index >= 15 is 0 Å². The van der Waals surface area contributed by atoms with E-state index < -0.39 is 76.7 Å². The van der Waals surface area contributed by atoms with E-state index in [0.717, 1.165) is 0 Å². The van der Waals surface area contributed by atoms with Crippen LogP contribution in [0.1, 0.15) is 28.8 Å². The van der Waals surface area contributed by atoms with E-state index in [9.17, 15) is 39.6 Å². The Labute approximate surface area is 202 Å². The summed E-state index contributed by atoms with van der Waals surface area (Å²) in [7, 11) is 2.96. The Morgan fingerprint density at radius 2 is 1.79 bits per heavy atom. The number of phenols is 1. The molecule has 2 saturated carbocycles. The smallest absolute Gasteiger partial charge is 0.230 e. The Bertz CT molecular complexity index is 1090. The third-order valence-corrected chi connectivity index (χ3v) is 8.57. The average Bonchev–Trinajstić information content (AvgIpc) is 2.72. The number of Topliss-reactive ketones (excluding diaryl/α,β-unsaturated/α-hetero) is 3. The number of aromatic hydroxyl groups is 1. The molecule has 33 heavy (non-hydrogen) atoms. The number of likely N-dealkylation sites (N-methyl/N-ethyl adjacent to an activating group) is 1. The molecule has 0 heterocycles. The van der Waals surface area contributed by atoms with Crippen LogP contribution < -0.4 is 5.73 Å². The summed E-state index contributed by atoms with van der Waals surface area (Å²) in [6.07, 6.45) is -3.80. The predicted molar refractivity (Wildman–Crippen MR) is 121 cm³/mol. The zero-order chi connectivity index (χ0) is 24.7. The number of carbonyl (C=O) groups is 4. The highest BCUT2D eigenvalue weighted by molar-refractivity contribution is 14.1. The van der Waals surface area contributed by atoms with Crippen molar-refractivity contribution in [3.63, 3.8) is 0 Å². The second kappa shape index (κ2) is 7.80. The number of rotatable bonds is 2. The molecule has 3 aliphatic carbocycles. The van der Waals surface area contributed by atoms with E-state index in [-0.39, 0.29) is 11.3 Å². The summed E-state index contributed by atoms with van der Waals surface area (Å²) in [6.45, 7) is 1.70. The maximum atomic E-state index is 13.8. The van der Waals surface area contributed by atoms with E-state index in [2.05, 4.69) is 0 Å². The molecular formula is C22H25IN2O8. The fourth-order valence-corrected chi connectivity index (χ4v) is 7.15. The van der Waals surface area contributed by atoms with Gasteiger partial charge in [0.25, 0.3) is 0 Å². The van der Waals surface area contributed by atoms with Crippen LogP contribution in [0.5, 0.6) is 5.75 Å². The molecule has 1 aromatic rings. The highest BCUT2D eigenvalue weighted by atomic mass is 127. The molecule has 10 nitrogen and oxygen atoms in total. The van der Waals surface area contributed by atoms with Gasteiger partial charge in [-0.2, -0.15) is 0 Å². The largest absolute Gasteiger partial charge is 0.507 e. The zero-order valence-electron chi connectivity index (χ0n) is 18.1. The van der Waals surface area contributed by atoms with Crippen LogP contribution in [0.15, 0.2) is 12.1 Å². The number of hydrogen-bond acceptors (Lipinski definition) is 9. The van der Waals surface area contributed by atoms with Gasteiger partial charge in [-0.3, -0.25) is 24.1 Å². The molecule has 1 aromatic carbocycles. The summed E-state index contributed by atoms with van der Waals surface area (Å²) in [5.41, 5.74) is 2.94. The minimum Gasteiger partial charge on any atom is -0.507 e. The molecule has 4 rings (SSSR count). The van der Waals surface area contributed by atoms with Gasteiger partial charge in [-0.05, 0) is 60.3 Å². The Balaban J connectivity index is 1.97. The molecule has 1 amide bonds. The van der Waals surface area contributed by atoms with Gasteiger partial charge < -0.3 is 26.2 Å². The van der Waals surface area contributed by atoms with Crippen LogP contribution in [0.2, 0.25) is 0 Å². The van der Waals surface area contributed by atoms with Crippen LogP contribution in [0.3, 0.4) is 0 Å². The first kappa shape index (κ1) is 24.2. The third-order valence-electron chi connectivity index (χ3n) is 7.63. The molecular weight excluding hydrogens is 547 g/mol. The molecule has 0 aliphatic heterocycles. The number of ketones is 3. The number of phenolic OH excluding ortho intramolecular Hbond substituents is 1. The van der Waals surface area contributed by atoms with Crippen LogP contribution >= 0.6 is 22.6 Å². The summed E-state index contributed by atoms with van der Waals surface area (Å²) in [5, 5.41) is 44.4. The van der Waals surface area contributed by atoms with Gasteiger partial charge in [-0.1, -0.05) is 6.92 Å². The lowest BCUT2D eigenvalue weighted by atomic mass is 9.49. The van der Waals surface area contributed by atoms with E-state index in [1.54, 1.807) is 13.0 Å². The molecule has 9 atom stereocenters. The number of carbonyl (C=O) groups excluding carboxylic acids is 4. The Morgan fingerprint density at radius 1 is 1.18 bits per heavy atom. The van der Waals surface area contributed by atoms with Gasteiger partial charge in [0, 0.05) is 15.4 Å². The van der Waals surface area contributed by atoms with Crippen molar-refractivity contribution < 1.29 is 39.6 Å². The molecule has 0 saturated heterocycles. The molecule has 11 heteroatoms. The fraction of sp³-hybridized carbons (Fsp3) is 0.545. The van der Waals surface area contributed by atoms with E-state index in [4.69, 9.17) is 5.73 Å². The summed E-state index contributed by atoms with van der Waals surface area (Å²) >= 11 is 2.00. The third kappa shape index (κ3) is 2.99. The first-order valence-electron chi connectivity index (χ1n) is 10.5. The lowest BCUT2D eigenvalue weighted by molar-refractivity contribution is -0.223. The highest BCUT2D eigenvalue weighted by Crippen LogP contribution is 2.55. The molecule has 0 radical (unpaired) electrons. The standard InChI is InChI=1S/C22H25IN2O8/c1-6-9-7(23)4-5-8(26)11(9)16(27)12-10(6)17(28)14-15(25(2)3)18(29)13(21(24)32)20(31)22(14,33)19(12)30/h4-6,10,12-15,17,20,26,28,31,33H,1-3H3,(H2,24,32)/t6-,10+,12?,13?,14+,15-,17-,20?,22-/m0/s1. The molecule has 0 bridgehead atoms. The maximum absolute atomic E-state index is 13.8. The Hall–Kier alpha value is -1.93. The van der Waals surface area contributed by atoms with Gasteiger partial charge in [0.05, 0.1) is 23.6 Å². The number of hydrogen-bond donors (Lipinski definition) is 5. The minimum atomic E-state index is -2.78. The number of nitrogens with zero attached hydrogens (tertiary/aromatic N) is 1. The van der Waals surface area contributed by atoms with Crippen molar-refractivity contribution in [3.05, 3.63) is 26.8 Å². The van der Waals surface area contributed by atoms with Crippen LogP contribution in [0, 0.1) is 27.2 Å². The Morgan fingerprint density at radius 3 is 2.33 bits per heavy atom. The van der Waals surface area contributed by atoms with Crippen molar-refractivity contribution in [2.45, 2.75) is 36.7 Å². The van der Waals surface area contributed by atoms with E-state index in [0.29, 0.717) is 9.13 Å². The zero-order valence-corrected chi connectivity index (χ0v) is 20.3. The van der Waals surface area contributed by atoms with Crippen molar-refractivity contribution >= 4 is 45.8 Å². The number of halogens is 1. The first-order valence-corrected chi connectivity index (χ1v) is 11.5. The van der Waals surface area contributed by atoms with Crippen molar-refractivity contribution in [1.82, 2.24) is 4.90 Å². The molecule has 3 unspecified atom stereocenters. The Kier molecular flexibility index (Phi) is 5.72. The average molecular weight is 572 g/mol. The number of benzene rings is 1. The summed E-state index contributed by atoms with van der Waals surface area (Å²) < 4.78 is 0.651. The van der Waals surface area contributed by atoms with Crippen molar-refractivity contribution in [1.29, 1.82) is 0 Å². The number of aliphatic hydroxyl groups is 3. The van der Waals surface area contributed by atoms with Gasteiger partial charge in [0.1, 0.15) is 17.8 Å². The summed E-state index contributed by atoms with van der Waals surface area (Å²) in [4.78, 5) is 53.8. The summed E-state index contributed by atoms with van der Waals surface area (Å²) in [5.74, 6) is -10.9. The number of primary amides is 1. The minimum absolute atomic E-state index is 0.0739. The second-order valence-corrected chi connectivity index (χ2v) is 10.6. The number of fused-ring (bicyclic) bond motifs is 3. The van der Waals surface area contributed by atoms with E-state index in [1.165, 1.54) is 25.1 Å². The molecule has 178 valence electrons. The number of nitrogens with two attached hydrogens (primary N) is 1. The van der Waals surface area contributed by atoms with Crippen molar-refractivity contribution in [3.8, 4) is 5.75 Å². The second-order valence-electron chi connectivity index (χ2n) is 9.40. The maximum Gasteiger partial charge on any atom is 0.230 e. The van der Waals surface area contributed by atoms with Crippen LogP contribution in [0.4, 0.5) is 0 Å². The lowest BCUT2D eigenvalue weighted by Gasteiger charge is -2.58. The molecule has 2 fully saturated rings. The number of amides is 1. The predicted octanol–water partition coefficient (Wildman–Crippen LogP) is -1.20. The van der Waals surface area contributed by atoms with Crippen molar-refractivity contribution in [2.75, 3.05) is 14.1 Å². The van der Waals surface area contributed by atoms with Gasteiger partial charge >= 0.3 is 0 Å². The van der Waals surface area contributed by atoms with Gasteiger partial charge in [-0.15, -0.1) is 0 Å². The summed E-state index contributed by atoms with van der Waals surface area (Å²) in [6, 6.07) is 1.62. The molecule has 0 aromatic heterocycles. The fourth-order valence-electron chi connectivity index (χ4n) is 6.21. The van der Waals surface area contributed by atoms with E-state index in [1.807, 2.05) is 22.6 Å². The van der Waals surface area contributed by atoms with Gasteiger partial charge in [0.2, 0.25) is 5.91 Å². The molecule has 0 spiro atoms. The highest BCUT2D eigenvalue weighted by Gasteiger charge is 2.72. The molecule has 3 aliphatic rings. The topological polar surface area (TPSA) is 178 Å². The van der Waals surface area contributed by atoms with Crippen LogP contribution in [-0.2, 0) is 14.4 Å². The quantitative estimate of drug-likeness (QED) is 0.215. The molecule has 6 N–H and O–H groups in total. The van der Waals surface area contributed by atoms with Gasteiger partial charge in [0.15, 0.2) is 23.0 Å². The normalized spacial score (nSPS) is 40.3. The SMILES string of the molecule is C[C@H]1c2c(I)ccc(O)c2C(=O)C2C(=O)[C@]3(O)C(O)C(C(N)=O)C(=O)[C@@H](N(C)C)[C@@H]3[C@@H](O)[C@@H]21. The number of aliphatic hydroxyl groups excluding tert-OH is 2. The van der Waals surface area contributed by atoms with Gasteiger partial charge in [-0.25, -0.2) is 0 Å². The first-order chi connectivity index (χ1) is 15.3.